The van der Waals surface area contributed by atoms with Gasteiger partial charge in [-0.2, -0.15) is 0 Å². The van der Waals surface area contributed by atoms with Crippen LogP contribution in [0, 0.1) is 0 Å². The van der Waals surface area contributed by atoms with Crippen molar-refractivity contribution in [3.05, 3.63) is 12.2 Å². The van der Waals surface area contributed by atoms with Gasteiger partial charge in [0, 0.05) is 0 Å². The summed E-state index contributed by atoms with van der Waals surface area (Å²) in [6.07, 6.45) is 5.14. The fourth-order valence-corrected chi connectivity index (χ4v) is 1.13. The van der Waals surface area contributed by atoms with Gasteiger partial charge in [-0.3, -0.25) is 0 Å². The van der Waals surface area contributed by atoms with Gasteiger partial charge in [0.2, 0.25) is 0 Å². The van der Waals surface area contributed by atoms with Crippen molar-refractivity contribution >= 4 is 0 Å². The van der Waals surface area contributed by atoms with E-state index in [0.717, 1.165) is 24.8 Å². The molecule has 0 aromatic carbocycles. The van der Waals surface area contributed by atoms with E-state index in [9.17, 15) is 5.11 Å². The molecule has 0 fully saturated rings. The fourth-order valence-electron chi connectivity index (χ4n) is 1.13. The van der Waals surface area contributed by atoms with Gasteiger partial charge in [-0.05, 0) is 19.8 Å². The molecule has 0 aromatic rings. The summed E-state index contributed by atoms with van der Waals surface area (Å²) < 4.78 is 0. The summed E-state index contributed by atoms with van der Waals surface area (Å²) >= 11 is 0. The van der Waals surface area contributed by atoms with Crippen LogP contribution in [0.25, 0.3) is 0 Å². The van der Waals surface area contributed by atoms with E-state index in [-0.39, 0.29) is 6.10 Å². The molecule has 0 amide bonds. The first kappa shape index (κ1) is 10.7. The largest absolute Gasteiger partial charge is 0.393 e. The first-order valence-electron chi connectivity index (χ1n) is 4.49. The smallest absolute Gasteiger partial charge is 0.0577 e. The quantitative estimate of drug-likeness (QED) is 0.463. The first-order chi connectivity index (χ1) is 5.16. The third-order valence-electron chi connectivity index (χ3n) is 1.72. The lowest BCUT2D eigenvalue weighted by Gasteiger charge is -2.08. The summed E-state index contributed by atoms with van der Waals surface area (Å²) in [5, 5.41) is 9.39. The van der Waals surface area contributed by atoms with Crippen molar-refractivity contribution in [2.75, 3.05) is 0 Å². The van der Waals surface area contributed by atoms with E-state index in [0.29, 0.717) is 0 Å². The van der Waals surface area contributed by atoms with Crippen LogP contribution >= 0.6 is 0 Å². The molecule has 0 aliphatic heterocycles. The highest BCUT2D eigenvalue weighted by molar-refractivity contribution is 4.90. The Hall–Kier alpha value is -0.300. The topological polar surface area (TPSA) is 20.2 Å². The van der Waals surface area contributed by atoms with Gasteiger partial charge in [0.15, 0.2) is 0 Å². The van der Waals surface area contributed by atoms with Crippen molar-refractivity contribution in [3.63, 3.8) is 0 Å². The predicted octanol–water partition coefficient (Wildman–Crippen LogP) is 2.89. The van der Waals surface area contributed by atoms with Gasteiger partial charge in [0.05, 0.1) is 6.10 Å². The SMILES string of the molecule is C=C(C)C[C@H](O)CCCCC. The van der Waals surface area contributed by atoms with Gasteiger partial charge < -0.3 is 5.11 Å². The van der Waals surface area contributed by atoms with Crippen LogP contribution in [0.4, 0.5) is 0 Å². The zero-order chi connectivity index (χ0) is 8.69. The van der Waals surface area contributed by atoms with E-state index in [1.54, 1.807) is 0 Å². The summed E-state index contributed by atoms with van der Waals surface area (Å²) in [6, 6.07) is 0. The number of hydrogen-bond acceptors (Lipinski definition) is 1. The minimum atomic E-state index is -0.154. The Morgan fingerprint density at radius 2 is 2.09 bits per heavy atom. The van der Waals surface area contributed by atoms with Crippen LogP contribution in [-0.4, -0.2) is 11.2 Å². The van der Waals surface area contributed by atoms with Crippen LogP contribution in [0.3, 0.4) is 0 Å². The summed E-state index contributed by atoms with van der Waals surface area (Å²) in [4.78, 5) is 0. The van der Waals surface area contributed by atoms with E-state index < -0.39 is 0 Å². The van der Waals surface area contributed by atoms with Crippen molar-refractivity contribution < 1.29 is 5.11 Å². The summed E-state index contributed by atoms with van der Waals surface area (Å²) in [5.41, 5.74) is 1.08. The van der Waals surface area contributed by atoms with Gasteiger partial charge in [0.25, 0.3) is 0 Å². The summed E-state index contributed by atoms with van der Waals surface area (Å²) in [7, 11) is 0. The van der Waals surface area contributed by atoms with Crippen LogP contribution < -0.4 is 0 Å². The van der Waals surface area contributed by atoms with Gasteiger partial charge in [-0.15, -0.1) is 6.58 Å². The third-order valence-corrected chi connectivity index (χ3v) is 1.72. The molecule has 0 saturated carbocycles. The van der Waals surface area contributed by atoms with E-state index in [1.165, 1.54) is 12.8 Å². The predicted molar refractivity (Wildman–Crippen MR) is 49.6 cm³/mol. The molecule has 0 bridgehead atoms. The van der Waals surface area contributed by atoms with E-state index in [2.05, 4.69) is 13.5 Å². The Labute approximate surface area is 70.1 Å². The Bertz CT molecular complexity index is 107. The minimum Gasteiger partial charge on any atom is -0.393 e. The van der Waals surface area contributed by atoms with Gasteiger partial charge in [-0.25, -0.2) is 0 Å². The lowest BCUT2D eigenvalue weighted by Crippen LogP contribution is -2.05. The molecule has 0 radical (unpaired) electrons. The Balaban J connectivity index is 3.22. The monoisotopic (exact) mass is 156 g/mol. The average molecular weight is 156 g/mol. The zero-order valence-corrected chi connectivity index (χ0v) is 7.77. The number of rotatable bonds is 6. The van der Waals surface area contributed by atoms with Crippen molar-refractivity contribution in [2.24, 2.45) is 0 Å². The number of unbranched alkanes of at least 4 members (excludes halogenated alkanes) is 2. The number of hydrogen-bond donors (Lipinski definition) is 1. The van der Waals surface area contributed by atoms with Gasteiger partial charge in [0.1, 0.15) is 0 Å². The Morgan fingerprint density at radius 1 is 1.45 bits per heavy atom. The van der Waals surface area contributed by atoms with Gasteiger partial charge in [-0.1, -0.05) is 31.8 Å². The molecule has 0 saturated heterocycles. The molecule has 0 aliphatic carbocycles. The van der Waals surface area contributed by atoms with Crippen molar-refractivity contribution in [1.82, 2.24) is 0 Å². The lowest BCUT2D eigenvalue weighted by molar-refractivity contribution is 0.161. The second kappa shape index (κ2) is 6.41. The molecule has 1 atom stereocenters. The van der Waals surface area contributed by atoms with Crippen LogP contribution in [0.15, 0.2) is 12.2 Å². The Morgan fingerprint density at radius 3 is 2.55 bits per heavy atom. The second-order valence-electron chi connectivity index (χ2n) is 3.31. The van der Waals surface area contributed by atoms with Crippen LogP contribution in [0.5, 0.6) is 0 Å². The van der Waals surface area contributed by atoms with E-state index in [4.69, 9.17) is 0 Å². The van der Waals surface area contributed by atoms with Crippen LogP contribution in [-0.2, 0) is 0 Å². The maximum Gasteiger partial charge on any atom is 0.0577 e. The first-order valence-corrected chi connectivity index (χ1v) is 4.49. The third kappa shape index (κ3) is 7.60. The molecular weight excluding hydrogens is 136 g/mol. The summed E-state index contributed by atoms with van der Waals surface area (Å²) in [5.74, 6) is 0. The number of aliphatic hydroxyl groups is 1. The lowest BCUT2D eigenvalue weighted by atomic mass is 10.1. The van der Waals surface area contributed by atoms with E-state index in [1.807, 2.05) is 6.92 Å². The average Bonchev–Trinajstić information content (AvgIpc) is 1.86. The van der Waals surface area contributed by atoms with Crippen molar-refractivity contribution in [2.45, 2.75) is 52.1 Å². The van der Waals surface area contributed by atoms with E-state index >= 15 is 0 Å². The highest BCUT2D eigenvalue weighted by Crippen LogP contribution is 2.09. The molecule has 1 nitrogen and oxygen atoms in total. The standard InChI is InChI=1S/C10H20O/c1-4-5-6-7-10(11)8-9(2)3/h10-11H,2,4-8H2,1,3H3/t10-/m1/s1. The molecule has 1 heteroatoms. The molecule has 0 spiro atoms. The number of aliphatic hydroxyl groups excluding tert-OH is 1. The van der Waals surface area contributed by atoms with Crippen LogP contribution in [0.1, 0.15) is 46.0 Å². The zero-order valence-electron chi connectivity index (χ0n) is 7.77. The fraction of sp³-hybridized carbons (Fsp3) is 0.800. The molecule has 11 heavy (non-hydrogen) atoms. The molecule has 0 aromatic heterocycles. The Kier molecular flexibility index (Phi) is 6.24. The maximum absolute atomic E-state index is 9.39. The minimum absolute atomic E-state index is 0.154. The molecule has 0 rings (SSSR count). The summed E-state index contributed by atoms with van der Waals surface area (Å²) in [6.45, 7) is 7.90. The van der Waals surface area contributed by atoms with Gasteiger partial charge >= 0.3 is 0 Å². The van der Waals surface area contributed by atoms with Crippen molar-refractivity contribution in [1.29, 1.82) is 0 Å². The highest BCUT2D eigenvalue weighted by Gasteiger charge is 2.02. The van der Waals surface area contributed by atoms with Crippen molar-refractivity contribution in [3.8, 4) is 0 Å². The molecule has 0 aliphatic rings. The molecule has 0 heterocycles. The molecule has 0 unspecified atom stereocenters. The normalized spacial score (nSPS) is 13.0. The molecule has 66 valence electrons. The maximum atomic E-state index is 9.39. The highest BCUT2D eigenvalue weighted by atomic mass is 16.3. The molecular formula is C10H20O. The molecule has 1 N–H and O–H groups in total. The van der Waals surface area contributed by atoms with Crippen LogP contribution in [0.2, 0.25) is 0 Å². The second-order valence-corrected chi connectivity index (χ2v) is 3.31.